The standard InChI is InChI=1S/C23H32ClNO3/c1-4-5-14-22(3,25-17(2)26)18-6-8-19(9-7-18)23(27-15-16-28-23)20-10-12-21(24)13-11-20/h4,10-13,18-19H,1,5-9,14-16H2,2-3H3,(H,25,26). The van der Waals surface area contributed by atoms with Crippen molar-refractivity contribution in [1.82, 2.24) is 5.32 Å². The summed E-state index contributed by atoms with van der Waals surface area (Å²) in [4.78, 5) is 11.8. The minimum Gasteiger partial charge on any atom is -0.351 e. The average molecular weight is 406 g/mol. The predicted octanol–water partition coefficient (Wildman–Crippen LogP) is 5.21. The van der Waals surface area contributed by atoms with Gasteiger partial charge in [-0.05, 0) is 63.5 Å². The van der Waals surface area contributed by atoms with Crippen LogP contribution < -0.4 is 5.32 Å². The zero-order chi connectivity index (χ0) is 20.2. The van der Waals surface area contributed by atoms with Gasteiger partial charge in [0.1, 0.15) is 0 Å². The number of halogens is 1. The Hall–Kier alpha value is -1.36. The maximum absolute atomic E-state index is 11.8. The number of nitrogens with one attached hydrogen (secondary N) is 1. The van der Waals surface area contributed by atoms with Crippen LogP contribution in [0.3, 0.4) is 0 Å². The number of benzene rings is 1. The largest absolute Gasteiger partial charge is 0.351 e. The summed E-state index contributed by atoms with van der Waals surface area (Å²) in [5.74, 6) is 0.111. The molecule has 1 saturated carbocycles. The molecule has 3 rings (SSSR count). The van der Waals surface area contributed by atoms with Crippen LogP contribution in [0.5, 0.6) is 0 Å². The Labute approximate surface area is 173 Å². The highest BCUT2D eigenvalue weighted by atomic mass is 35.5. The molecular weight excluding hydrogens is 374 g/mol. The number of carbonyl (C=O) groups is 1. The van der Waals surface area contributed by atoms with Crippen LogP contribution in [0, 0.1) is 11.8 Å². The molecule has 1 aromatic carbocycles. The second-order valence-electron chi connectivity index (χ2n) is 8.35. The molecule has 28 heavy (non-hydrogen) atoms. The highest BCUT2D eigenvalue weighted by Gasteiger charge is 2.48. The van der Waals surface area contributed by atoms with E-state index in [1.54, 1.807) is 6.92 Å². The fourth-order valence-electron chi connectivity index (χ4n) is 5.03. The second kappa shape index (κ2) is 8.98. The molecule has 1 saturated heterocycles. The van der Waals surface area contributed by atoms with Crippen molar-refractivity contribution in [2.24, 2.45) is 11.8 Å². The molecule has 1 unspecified atom stereocenters. The van der Waals surface area contributed by atoms with Crippen LogP contribution in [0.1, 0.15) is 57.9 Å². The monoisotopic (exact) mass is 405 g/mol. The Bertz CT molecular complexity index is 676. The second-order valence-corrected chi connectivity index (χ2v) is 8.78. The fourth-order valence-corrected chi connectivity index (χ4v) is 5.16. The van der Waals surface area contributed by atoms with E-state index in [0.717, 1.165) is 44.1 Å². The first-order chi connectivity index (χ1) is 13.4. The van der Waals surface area contributed by atoms with Crippen LogP contribution in [0.2, 0.25) is 5.02 Å². The van der Waals surface area contributed by atoms with Crippen molar-refractivity contribution < 1.29 is 14.3 Å². The van der Waals surface area contributed by atoms with Gasteiger partial charge in [-0.2, -0.15) is 0 Å². The molecule has 0 bridgehead atoms. The van der Waals surface area contributed by atoms with Crippen LogP contribution in [0.25, 0.3) is 0 Å². The number of rotatable bonds is 7. The number of hydrogen-bond donors (Lipinski definition) is 1. The van der Waals surface area contributed by atoms with E-state index in [2.05, 4.69) is 18.8 Å². The first kappa shape index (κ1) is 21.4. The molecule has 1 atom stereocenters. The summed E-state index contributed by atoms with van der Waals surface area (Å²) in [6.45, 7) is 8.86. The van der Waals surface area contributed by atoms with E-state index in [1.807, 2.05) is 30.3 Å². The van der Waals surface area contributed by atoms with Gasteiger partial charge in [0.25, 0.3) is 0 Å². The maximum Gasteiger partial charge on any atom is 0.217 e. The molecule has 2 fully saturated rings. The smallest absolute Gasteiger partial charge is 0.217 e. The van der Waals surface area contributed by atoms with E-state index < -0.39 is 5.79 Å². The minimum atomic E-state index is -0.666. The third-order valence-corrected chi connectivity index (χ3v) is 6.71. The lowest BCUT2D eigenvalue weighted by atomic mass is 9.68. The first-order valence-corrected chi connectivity index (χ1v) is 10.7. The van der Waals surface area contributed by atoms with Crippen LogP contribution in [0.15, 0.2) is 36.9 Å². The van der Waals surface area contributed by atoms with Crippen molar-refractivity contribution in [2.45, 2.75) is 63.7 Å². The molecule has 1 aromatic rings. The SMILES string of the molecule is C=CCCC(C)(NC(C)=O)C1CCC(C2(c3ccc(Cl)cc3)OCCO2)CC1. The van der Waals surface area contributed by atoms with E-state index in [4.69, 9.17) is 21.1 Å². The normalized spacial score (nSPS) is 26.4. The van der Waals surface area contributed by atoms with Crippen molar-refractivity contribution >= 4 is 17.5 Å². The van der Waals surface area contributed by atoms with E-state index >= 15 is 0 Å². The van der Waals surface area contributed by atoms with Gasteiger partial charge in [-0.3, -0.25) is 4.79 Å². The number of allylic oxidation sites excluding steroid dienone is 1. The summed E-state index contributed by atoms with van der Waals surface area (Å²) >= 11 is 6.08. The Balaban J connectivity index is 1.74. The molecule has 4 nitrogen and oxygen atoms in total. The Morgan fingerprint density at radius 1 is 1.25 bits per heavy atom. The molecule has 0 spiro atoms. The Morgan fingerprint density at radius 2 is 1.86 bits per heavy atom. The summed E-state index contributed by atoms with van der Waals surface area (Å²) in [7, 11) is 0. The third kappa shape index (κ3) is 4.45. The Morgan fingerprint density at radius 3 is 2.39 bits per heavy atom. The van der Waals surface area contributed by atoms with Crippen LogP contribution >= 0.6 is 11.6 Å². The van der Waals surface area contributed by atoms with Crippen molar-refractivity contribution in [1.29, 1.82) is 0 Å². The number of carbonyl (C=O) groups excluding carboxylic acids is 1. The molecule has 1 N–H and O–H groups in total. The van der Waals surface area contributed by atoms with Gasteiger partial charge in [0, 0.05) is 29.0 Å². The fraction of sp³-hybridized carbons (Fsp3) is 0.609. The Kier molecular flexibility index (Phi) is 6.85. The van der Waals surface area contributed by atoms with Crippen LogP contribution in [0.4, 0.5) is 0 Å². The van der Waals surface area contributed by atoms with E-state index in [0.29, 0.717) is 30.1 Å². The van der Waals surface area contributed by atoms with Crippen molar-refractivity contribution in [3.05, 3.63) is 47.5 Å². The lowest BCUT2D eigenvalue weighted by molar-refractivity contribution is -0.214. The molecule has 5 heteroatoms. The molecule has 1 aliphatic heterocycles. The summed E-state index contributed by atoms with van der Waals surface area (Å²) in [6, 6.07) is 7.84. The number of amides is 1. The lowest BCUT2D eigenvalue weighted by Crippen LogP contribution is -2.52. The summed E-state index contributed by atoms with van der Waals surface area (Å²) < 4.78 is 12.4. The van der Waals surface area contributed by atoms with Gasteiger partial charge in [-0.1, -0.05) is 29.8 Å². The molecule has 1 aliphatic carbocycles. The van der Waals surface area contributed by atoms with Crippen molar-refractivity contribution in [3.8, 4) is 0 Å². The minimum absolute atomic E-state index is 0.0359. The summed E-state index contributed by atoms with van der Waals surface area (Å²) in [6.07, 6.45) is 7.86. The maximum atomic E-state index is 11.8. The van der Waals surface area contributed by atoms with Gasteiger partial charge in [-0.15, -0.1) is 6.58 Å². The molecule has 0 aromatic heterocycles. The molecule has 2 aliphatic rings. The number of hydrogen-bond acceptors (Lipinski definition) is 3. The highest BCUT2D eigenvalue weighted by molar-refractivity contribution is 6.30. The van der Waals surface area contributed by atoms with Gasteiger partial charge >= 0.3 is 0 Å². The zero-order valence-electron chi connectivity index (χ0n) is 17.0. The number of ether oxygens (including phenoxy) is 2. The summed E-state index contributed by atoms with van der Waals surface area (Å²) in [5, 5.41) is 3.95. The molecule has 1 heterocycles. The molecule has 1 amide bonds. The average Bonchev–Trinajstić information content (AvgIpc) is 3.17. The zero-order valence-corrected chi connectivity index (χ0v) is 17.8. The highest BCUT2D eigenvalue weighted by Crippen LogP contribution is 2.48. The topological polar surface area (TPSA) is 47.6 Å². The van der Waals surface area contributed by atoms with Gasteiger partial charge in [0.05, 0.1) is 13.2 Å². The van der Waals surface area contributed by atoms with Gasteiger partial charge < -0.3 is 14.8 Å². The van der Waals surface area contributed by atoms with Crippen LogP contribution in [-0.4, -0.2) is 24.7 Å². The van der Waals surface area contributed by atoms with Gasteiger partial charge in [0.15, 0.2) is 5.79 Å². The molecule has 0 radical (unpaired) electrons. The predicted molar refractivity (Wildman–Crippen MR) is 112 cm³/mol. The quantitative estimate of drug-likeness (QED) is 0.633. The lowest BCUT2D eigenvalue weighted by Gasteiger charge is -2.45. The van der Waals surface area contributed by atoms with Crippen LogP contribution in [-0.2, 0) is 20.1 Å². The van der Waals surface area contributed by atoms with E-state index in [9.17, 15) is 4.79 Å². The third-order valence-electron chi connectivity index (χ3n) is 6.46. The molecule has 154 valence electrons. The van der Waals surface area contributed by atoms with E-state index in [-0.39, 0.29) is 11.4 Å². The summed E-state index contributed by atoms with van der Waals surface area (Å²) in [5.41, 5.74) is 0.852. The van der Waals surface area contributed by atoms with E-state index in [1.165, 1.54) is 0 Å². The van der Waals surface area contributed by atoms with Crippen molar-refractivity contribution in [3.63, 3.8) is 0 Å². The first-order valence-electron chi connectivity index (χ1n) is 10.3. The van der Waals surface area contributed by atoms with Gasteiger partial charge in [-0.25, -0.2) is 0 Å². The molecular formula is C23H32ClNO3. The van der Waals surface area contributed by atoms with Crippen molar-refractivity contribution in [2.75, 3.05) is 13.2 Å². The van der Waals surface area contributed by atoms with Gasteiger partial charge in [0.2, 0.25) is 5.91 Å².